The van der Waals surface area contributed by atoms with E-state index >= 15 is 13.2 Å². The van der Waals surface area contributed by atoms with Gasteiger partial charge in [0.05, 0.1) is 29.2 Å². The lowest BCUT2D eigenvalue weighted by molar-refractivity contribution is -0.132. The lowest BCUT2D eigenvalue weighted by atomic mass is 9.92. The van der Waals surface area contributed by atoms with Crippen molar-refractivity contribution in [2.75, 3.05) is 44.8 Å². The molecule has 2 bridgehead atoms. The molecule has 1 aromatic heterocycles. The first kappa shape index (κ1) is 38.6. The van der Waals surface area contributed by atoms with Crippen LogP contribution in [0.2, 0.25) is 0 Å². The topological polar surface area (TPSA) is 135 Å². The quantitative estimate of drug-likeness (QED) is 0.0822. The zero-order valence-electron chi connectivity index (χ0n) is 30.9. The summed E-state index contributed by atoms with van der Waals surface area (Å²) in [6, 6.07) is 4.62. The van der Waals surface area contributed by atoms with Gasteiger partial charge in [-0.25, -0.2) is 17.6 Å². The molecule has 294 valence electrons. The maximum Gasteiger partial charge on any atom is 0.319 e. The number of ether oxygens (including phenoxy) is 3. The molecule has 1 amide bonds. The number of benzene rings is 3. The highest BCUT2D eigenvalue weighted by Gasteiger charge is 2.50. The molecule has 1 N–H and O–H groups in total. The number of anilines is 1. The number of halogens is 4. The molecule has 4 fully saturated rings. The number of alkyl halides is 1. The van der Waals surface area contributed by atoms with Crippen molar-refractivity contribution >= 4 is 45.8 Å². The van der Waals surface area contributed by atoms with E-state index in [0.29, 0.717) is 26.1 Å². The third-order valence-corrected chi connectivity index (χ3v) is 11.2. The SMILES string of the molecule is C#Cc1c(F)ccc2cc(OC(C)=O)cc(-c3c(F)c(OC)c4c(N5CC6CCC(C5)N6C(C)=O)nc(OC[C@@]56CCCN5C[C@H](F)C6)nc4c3F)c12.O=CO. The van der Waals surface area contributed by atoms with Gasteiger partial charge < -0.3 is 29.1 Å². The van der Waals surface area contributed by atoms with Gasteiger partial charge in [-0.3, -0.25) is 19.3 Å². The van der Waals surface area contributed by atoms with Crippen LogP contribution in [-0.2, 0) is 14.4 Å². The average Bonchev–Trinajstić information content (AvgIpc) is 3.77. The highest BCUT2D eigenvalue weighted by atomic mass is 19.1. The minimum Gasteiger partial charge on any atom is -0.493 e. The van der Waals surface area contributed by atoms with Crippen LogP contribution in [0, 0.1) is 29.8 Å². The first-order valence-electron chi connectivity index (χ1n) is 18.2. The standard InChI is InChI=1S/C39H37F4N5O5.CH2O2/c1-5-27-29(41)10-7-22-13-26(53-21(3)50)14-28(30(22)27)31-33(42)35-32(36(51-4)34(31)43)37(46-17-24-8-9-25(18-46)48(24)20(2)49)45-38(44-35)52-19-39-11-6-12-47(39)16-23(40)15-39;2-1-3/h1,7,10,13-14,23-25H,6,8-9,11-12,15-19H2,2-4H3;1H,(H,2,3)/t23-,24?,25?,39+;/m1./s1. The number of fused-ring (bicyclic) bond motifs is 5. The Bertz CT molecular complexity index is 2290. The first-order valence-corrected chi connectivity index (χ1v) is 18.2. The van der Waals surface area contributed by atoms with Crippen LogP contribution >= 0.6 is 0 Å². The largest absolute Gasteiger partial charge is 0.493 e. The van der Waals surface area contributed by atoms with E-state index in [4.69, 9.17) is 35.5 Å². The lowest BCUT2D eigenvalue weighted by Gasteiger charge is -2.41. The van der Waals surface area contributed by atoms with Crippen LogP contribution < -0.4 is 19.1 Å². The summed E-state index contributed by atoms with van der Waals surface area (Å²) in [7, 11) is 1.23. The van der Waals surface area contributed by atoms with E-state index in [1.807, 2.05) is 9.80 Å². The first-order chi connectivity index (χ1) is 26.8. The van der Waals surface area contributed by atoms with Gasteiger partial charge in [0.25, 0.3) is 6.47 Å². The summed E-state index contributed by atoms with van der Waals surface area (Å²) >= 11 is 0. The van der Waals surface area contributed by atoms with Gasteiger partial charge in [0, 0.05) is 62.9 Å². The lowest BCUT2D eigenvalue weighted by Crippen LogP contribution is -2.55. The van der Waals surface area contributed by atoms with Crippen LogP contribution in [0.1, 0.15) is 51.5 Å². The Balaban J connectivity index is 0.00000155. The molecule has 12 nitrogen and oxygen atoms in total. The number of terminal acetylenes is 1. The number of carbonyl (C=O) groups is 3. The van der Waals surface area contributed by atoms with Crippen LogP contribution in [0.5, 0.6) is 17.5 Å². The van der Waals surface area contributed by atoms with Gasteiger partial charge in [0.1, 0.15) is 35.7 Å². The third kappa shape index (κ3) is 6.57. The Hall–Kier alpha value is -5.69. The van der Waals surface area contributed by atoms with Gasteiger partial charge in [-0.15, -0.1) is 6.42 Å². The van der Waals surface area contributed by atoms with E-state index in [9.17, 15) is 14.0 Å². The van der Waals surface area contributed by atoms with E-state index in [1.54, 1.807) is 0 Å². The maximum absolute atomic E-state index is 17.4. The third-order valence-electron chi connectivity index (χ3n) is 11.2. The molecule has 4 atom stereocenters. The maximum atomic E-state index is 17.4. The van der Waals surface area contributed by atoms with Gasteiger partial charge in [0.15, 0.2) is 17.4 Å². The fourth-order valence-corrected chi connectivity index (χ4v) is 9.17. The number of methoxy groups -OCH3 is 1. The highest BCUT2D eigenvalue weighted by Crippen LogP contribution is 2.47. The smallest absolute Gasteiger partial charge is 0.319 e. The molecule has 0 saturated carbocycles. The predicted octanol–water partition coefficient (Wildman–Crippen LogP) is 5.64. The van der Waals surface area contributed by atoms with Crippen LogP contribution in [0.3, 0.4) is 0 Å². The second-order valence-electron chi connectivity index (χ2n) is 14.5. The molecule has 4 aromatic rings. The summed E-state index contributed by atoms with van der Waals surface area (Å²) in [5, 5.41) is 7.09. The van der Waals surface area contributed by atoms with Crippen LogP contribution in [-0.4, -0.2) is 107 Å². The van der Waals surface area contributed by atoms with Crippen molar-refractivity contribution in [2.24, 2.45) is 0 Å². The van der Waals surface area contributed by atoms with Crippen molar-refractivity contribution in [3.8, 4) is 41.0 Å². The summed E-state index contributed by atoms with van der Waals surface area (Å²) in [4.78, 5) is 47.9. The van der Waals surface area contributed by atoms with Crippen LogP contribution in [0.25, 0.3) is 32.8 Å². The van der Waals surface area contributed by atoms with Gasteiger partial charge in [-0.1, -0.05) is 12.0 Å². The molecular formula is C40H39F4N5O7. The highest BCUT2D eigenvalue weighted by molar-refractivity contribution is 6.06. The molecule has 3 aromatic carbocycles. The molecule has 16 heteroatoms. The molecule has 5 heterocycles. The normalized spacial score (nSPS) is 22.7. The summed E-state index contributed by atoms with van der Waals surface area (Å²) < 4.78 is 81.6. The van der Waals surface area contributed by atoms with Gasteiger partial charge in [-0.05, 0) is 55.8 Å². The Labute approximate surface area is 319 Å². The second-order valence-corrected chi connectivity index (χ2v) is 14.5. The molecule has 0 spiro atoms. The van der Waals surface area contributed by atoms with Crippen LogP contribution in [0.15, 0.2) is 24.3 Å². The zero-order valence-corrected chi connectivity index (χ0v) is 30.9. The van der Waals surface area contributed by atoms with E-state index < -0.39 is 40.7 Å². The van der Waals surface area contributed by atoms with Crippen LogP contribution in [0.4, 0.5) is 23.4 Å². The summed E-state index contributed by atoms with van der Waals surface area (Å²) in [6.07, 6.45) is 8.08. The predicted molar refractivity (Wildman–Crippen MR) is 197 cm³/mol. The number of amides is 1. The number of piperazine rings is 1. The van der Waals surface area contributed by atoms with Crippen molar-refractivity contribution in [3.05, 3.63) is 47.3 Å². The Morgan fingerprint density at radius 1 is 1.07 bits per heavy atom. The second kappa shape index (κ2) is 15.1. The fraction of sp³-hybridized carbons (Fsp3) is 0.425. The minimum atomic E-state index is -1.14. The van der Waals surface area contributed by atoms with Gasteiger partial charge in [0.2, 0.25) is 5.91 Å². The van der Waals surface area contributed by atoms with Crippen molar-refractivity contribution in [1.82, 2.24) is 19.8 Å². The molecule has 0 aliphatic carbocycles. The Kier molecular flexibility index (Phi) is 10.4. The Morgan fingerprint density at radius 2 is 1.79 bits per heavy atom. The number of carbonyl (C=O) groups excluding carboxylic acids is 2. The summed E-state index contributed by atoms with van der Waals surface area (Å²) in [5.41, 5.74) is -2.01. The number of hydrogen-bond donors (Lipinski definition) is 1. The molecule has 4 aliphatic rings. The number of hydrogen-bond acceptors (Lipinski definition) is 10. The number of rotatable bonds is 7. The van der Waals surface area contributed by atoms with Gasteiger partial charge >= 0.3 is 12.0 Å². The number of carboxylic acid groups (broad SMARTS) is 1. The number of esters is 1. The molecule has 4 saturated heterocycles. The fourth-order valence-electron chi connectivity index (χ4n) is 9.17. The summed E-state index contributed by atoms with van der Waals surface area (Å²) in [5.74, 6) is -1.82. The average molecular weight is 778 g/mol. The molecular weight excluding hydrogens is 738 g/mol. The number of nitrogens with zero attached hydrogens (tertiary/aromatic N) is 5. The van der Waals surface area contributed by atoms with E-state index in [-0.39, 0.29) is 93.6 Å². The van der Waals surface area contributed by atoms with Crippen molar-refractivity contribution in [3.63, 3.8) is 0 Å². The monoisotopic (exact) mass is 777 g/mol. The van der Waals surface area contributed by atoms with E-state index in [2.05, 4.69) is 15.8 Å². The van der Waals surface area contributed by atoms with Gasteiger partial charge in [-0.2, -0.15) is 9.97 Å². The zero-order chi connectivity index (χ0) is 40.1. The molecule has 56 heavy (non-hydrogen) atoms. The Morgan fingerprint density at radius 3 is 2.43 bits per heavy atom. The molecule has 2 unspecified atom stereocenters. The number of aromatic nitrogens is 2. The van der Waals surface area contributed by atoms with E-state index in [0.717, 1.165) is 31.9 Å². The molecule has 4 aliphatic heterocycles. The molecule has 0 radical (unpaired) electrons. The molecule has 8 rings (SSSR count). The minimum absolute atomic E-state index is 0.00715. The van der Waals surface area contributed by atoms with E-state index in [1.165, 1.54) is 39.2 Å². The van der Waals surface area contributed by atoms with Crippen molar-refractivity contribution in [2.45, 2.75) is 69.7 Å². The van der Waals surface area contributed by atoms with Crippen molar-refractivity contribution in [1.29, 1.82) is 0 Å². The van der Waals surface area contributed by atoms with Crippen molar-refractivity contribution < 1.29 is 51.3 Å². The summed E-state index contributed by atoms with van der Waals surface area (Å²) in [6.45, 7) is 4.18.